The number of hydrogen-bond acceptors (Lipinski definition) is 4. The zero-order chi connectivity index (χ0) is 19.0. The van der Waals surface area contributed by atoms with Gasteiger partial charge in [0.2, 0.25) is 0 Å². The number of nitrogens with zero attached hydrogens (tertiary/aromatic N) is 4. The standard InChI is InChI=1S/C22H17N5/c1-3-16-14(2)17(13-24)22-26-19-10-6-7-11-20(19)27(22)21(16)25-18-9-5-4-8-15(18)12-23/h4-11,25H,3H2,1-2H3. The summed E-state index contributed by atoms with van der Waals surface area (Å²) in [6.45, 7) is 4.02. The molecule has 1 N–H and O–H groups in total. The lowest BCUT2D eigenvalue weighted by atomic mass is 10.0. The van der Waals surface area contributed by atoms with Gasteiger partial charge >= 0.3 is 0 Å². The van der Waals surface area contributed by atoms with Gasteiger partial charge in [0.15, 0.2) is 5.65 Å². The summed E-state index contributed by atoms with van der Waals surface area (Å²) in [6, 6.07) is 19.8. The maximum absolute atomic E-state index is 9.76. The summed E-state index contributed by atoms with van der Waals surface area (Å²) in [4.78, 5) is 4.70. The van der Waals surface area contributed by atoms with Crippen molar-refractivity contribution in [1.29, 1.82) is 10.5 Å². The third kappa shape index (κ3) is 2.49. The summed E-state index contributed by atoms with van der Waals surface area (Å²) in [6.07, 6.45) is 0.750. The molecule has 0 saturated carbocycles. The number of benzene rings is 2. The second kappa shape index (κ2) is 6.48. The second-order valence-corrected chi connectivity index (χ2v) is 6.33. The van der Waals surface area contributed by atoms with Crippen LogP contribution in [0.1, 0.15) is 29.2 Å². The van der Waals surface area contributed by atoms with Crippen LogP contribution in [0.2, 0.25) is 0 Å². The number of anilines is 2. The van der Waals surface area contributed by atoms with E-state index in [9.17, 15) is 10.5 Å². The molecule has 0 aliphatic carbocycles. The highest BCUT2D eigenvalue weighted by molar-refractivity contribution is 5.87. The van der Waals surface area contributed by atoms with Crippen molar-refractivity contribution in [3.05, 3.63) is 70.8 Å². The first kappa shape index (κ1) is 16.6. The van der Waals surface area contributed by atoms with Crippen molar-refractivity contribution in [2.24, 2.45) is 0 Å². The second-order valence-electron chi connectivity index (χ2n) is 6.33. The Hall–Kier alpha value is -3.83. The quantitative estimate of drug-likeness (QED) is 0.572. The summed E-state index contributed by atoms with van der Waals surface area (Å²) < 4.78 is 1.99. The molecule has 0 aliphatic rings. The molecule has 0 amide bonds. The Morgan fingerprint density at radius 1 is 1.04 bits per heavy atom. The maximum atomic E-state index is 9.76. The molecule has 0 unspecified atom stereocenters. The first-order chi connectivity index (χ1) is 13.2. The smallest absolute Gasteiger partial charge is 0.157 e. The van der Waals surface area contributed by atoms with Crippen LogP contribution in [0.3, 0.4) is 0 Å². The fourth-order valence-corrected chi connectivity index (χ4v) is 3.57. The van der Waals surface area contributed by atoms with Crippen LogP contribution in [0.15, 0.2) is 48.5 Å². The summed E-state index contributed by atoms with van der Waals surface area (Å²) in [5, 5.41) is 22.7. The molecule has 0 saturated heterocycles. The van der Waals surface area contributed by atoms with Crippen molar-refractivity contribution >= 4 is 28.2 Å². The Balaban J connectivity index is 2.13. The largest absolute Gasteiger partial charge is 0.340 e. The van der Waals surface area contributed by atoms with Gasteiger partial charge < -0.3 is 5.32 Å². The fraction of sp³-hybridized carbons (Fsp3) is 0.136. The van der Waals surface area contributed by atoms with Crippen molar-refractivity contribution in [2.75, 3.05) is 5.32 Å². The predicted molar refractivity (Wildman–Crippen MR) is 106 cm³/mol. The molecular formula is C22H17N5. The van der Waals surface area contributed by atoms with E-state index in [-0.39, 0.29) is 0 Å². The number of imidazole rings is 1. The average Bonchev–Trinajstić information content (AvgIpc) is 3.08. The molecule has 0 aliphatic heterocycles. The molecule has 2 aromatic carbocycles. The van der Waals surface area contributed by atoms with Crippen molar-refractivity contribution in [3.8, 4) is 12.1 Å². The lowest BCUT2D eigenvalue weighted by Crippen LogP contribution is -2.08. The van der Waals surface area contributed by atoms with Gasteiger partial charge in [0.1, 0.15) is 18.0 Å². The molecule has 5 nitrogen and oxygen atoms in total. The van der Waals surface area contributed by atoms with Crippen LogP contribution < -0.4 is 5.32 Å². The van der Waals surface area contributed by atoms with Crippen LogP contribution in [0.4, 0.5) is 11.5 Å². The molecule has 0 fully saturated rings. The minimum Gasteiger partial charge on any atom is -0.340 e. The monoisotopic (exact) mass is 351 g/mol. The molecule has 2 aromatic heterocycles. The first-order valence-electron chi connectivity index (χ1n) is 8.78. The number of para-hydroxylation sites is 3. The topological polar surface area (TPSA) is 76.9 Å². The number of fused-ring (bicyclic) bond motifs is 3. The SMILES string of the molecule is CCc1c(C)c(C#N)c2nc3ccccc3n2c1Nc1ccccc1C#N. The van der Waals surface area contributed by atoms with E-state index in [0.717, 1.165) is 40.1 Å². The van der Waals surface area contributed by atoms with Crippen LogP contribution >= 0.6 is 0 Å². The maximum Gasteiger partial charge on any atom is 0.157 e. The molecular weight excluding hydrogens is 334 g/mol. The van der Waals surface area contributed by atoms with Crippen molar-refractivity contribution in [2.45, 2.75) is 20.3 Å². The molecule has 27 heavy (non-hydrogen) atoms. The number of aromatic nitrogens is 2. The number of hydrogen-bond donors (Lipinski definition) is 1. The number of rotatable bonds is 3. The molecule has 0 bridgehead atoms. The highest BCUT2D eigenvalue weighted by Crippen LogP contribution is 2.33. The molecule has 130 valence electrons. The Labute approximate surface area is 157 Å². The lowest BCUT2D eigenvalue weighted by molar-refractivity contribution is 1.05. The van der Waals surface area contributed by atoms with Gasteiger partial charge in [-0.2, -0.15) is 10.5 Å². The van der Waals surface area contributed by atoms with E-state index in [1.807, 2.05) is 53.8 Å². The van der Waals surface area contributed by atoms with E-state index in [2.05, 4.69) is 24.4 Å². The van der Waals surface area contributed by atoms with Crippen LogP contribution in [0.5, 0.6) is 0 Å². The van der Waals surface area contributed by atoms with Gasteiger partial charge in [-0.25, -0.2) is 4.98 Å². The Morgan fingerprint density at radius 3 is 2.52 bits per heavy atom. The van der Waals surface area contributed by atoms with Crippen molar-refractivity contribution in [3.63, 3.8) is 0 Å². The Morgan fingerprint density at radius 2 is 1.78 bits per heavy atom. The highest BCUT2D eigenvalue weighted by Gasteiger charge is 2.20. The zero-order valence-electron chi connectivity index (χ0n) is 15.1. The van der Waals surface area contributed by atoms with Crippen molar-refractivity contribution in [1.82, 2.24) is 9.38 Å². The zero-order valence-corrected chi connectivity index (χ0v) is 15.1. The Bertz CT molecular complexity index is 1270. The number of nitriles is 2. The lowest BCUT2D eigenvalue weighted by Gasteiger charge is -2.18. The molecule has 5 heteroatoms. The van der Waals surface area contributed by atoms with Gasteiger partial charge in [-0.1, -0.05) is 31.2 Å². The van der Waals surface area contributed by atoms with E-state index in [0.29, 0.717) is 16.8 Å². The van der Waals surface area contributed by atoms with Crippen LogP contribution in [-0.2, 0) is 6.42 Å². The summed E-state index contributed by atoms with van der Waals surface area (Å²) >= 11 is 0. The van der Waals surface area contributed by atoms with Gasteiger partial charge in [-0.15, -0.1) is 0 Å². The van der Waals surface area contributed by atoms with Gasteiger partial charge in [0, 0.05) is 0 Å². The predicted octanol–water partition coefficient (Wildman–Crippen LogP) is 4.85. The first-order valence-corrected chi connectivity index (χ1v) is 8.78. The van der Waals surface area contributed by atoms with E-state index < -0.39 is 0 Å². The molecule has 0 spiro atoms. The van der Waals surface area contributed by atoms with Crippen LogP contribution in [-0.4, -0.2) is 9.38 Å². The van der Waals surface area contributed by atoms with Gasteiger partial charge in [0.05, 0.1) is 27.8 Å². The van der Waals surface area contributed by atoms with Crippen LogP contribution in [0.25, 0.3) is 16.7 Å². The molecule has 4 aromatic rings. The normalized spacial score (nSPS) is 10.7. The fourth-order valence-electron chi connectivity index (χ4n) is 3.57. The molecule has 4 rings (SSSR count). The van der Waals surface area contributed by atoms with Crippen molar-refractivity contribution < 1.29 is 0 Å². The van der Waals surface area contributed by atoms with Gasteiger partial charge in [-0.05, 0) is 48.7 Å². The summed E-state index contributed by atoms with van der Waals surface area (Å²) in [5.41, 5.74) is 6.23. The van der Waals surface area contributed by atoms with E-state index in [1.165, 1.54) is 0 Å². The van der Waals surface area contributed by atoms with E-state index in [4.69, 9.17) is 4.98 Å². The minimum absolute atomic E-state index is 0.569. The molecule has 0 radical (unpaired) electrons. The van der Waals surface area contributed by atoms with Crippen LogP contribution in [0, 0.1) is 29.6 Å². The summed E-state index contributed by atoms with van der Waals surface area (Å²) in [7, 11) is 0. The highest BCUT2D eigenvalue weighted by atomic mass is 15.1. The minimum atomic E-state index is 0.569. The summed E-state index contributed by atoms with van der Waals surface area (Å²) in [5.74, 6) is 0.848. The third-order valence-electron chi connectivity index (χ3n) is 4.89. The third-order valence-corrected chi connectivity index (χ3v) is 4.89. The molecule has 2 heterocycles. The van der Waals surface area contributed by atoms with E-state index >= 15 is 0 Å². The Kier molecular flexibility index (Phi) is 3.99. The number of pyridine rings is 1. The van der Waals surface area contributed by atoms with E-state index in [1.54, 1.807) is 6.07 Å². The number of nitrogens with one attached hydrogen (secondary N) is 1. The van der Waals surface area contributed by atoms with Gasteiger partial charge in [0.25, 0.3) is 0 Å². The average molecular weight is 351 g/mol. The molecule has 0 atom stereocenters. The van der Waals surface area contributed by atoms with Gasteiger partial charge in [-0.3, -0.25) is 4.40 Å².